The van der Waals surface area contributed by atoms with E-state index >= 15 is 0 Å². The van der Waals surface area contributed by atoms with Gasteiger partial charge in [0.25, 0.3) is 0 Å². The average molecular weight is 235 g/mol. The molecule has 17 heavy (non-hydrogen) atoms. The van der Waals surface area contributed by atoms with E-state index in [0.29, 0.717) is 10.8 Å². The van der Waals surface area contributed by atoms with Gasteiger partial charge in [-0.1, -0.05) is 32.9 Å². The van der Waals surface area contributed by atoms with E-state index in [4.69, 9.17) is 0 Å². The average Bonchev–Trinajstić information content (AvgIpc) is 2.72. The number of nitrogens with zero attached hydrogens (tertiary/aromatic N) is 1. The fourth-order valence-electron chi connectivity index (χ4n) is 4.50. The van der Waals surface area contributed by atoms with Crippen molar-refractivity contribution in [2.45, 2.75) is 46.5 Å². The van der Waals surface area contributed by atoms with Crippen molar-refractivity contribution in [2.24, 2.45) is 22.7 Å². The lowest BCUT2D eigenvalue weighted by atomic mass is 9.66. The molecular weight excluding hydrogens is 206 g/mol. The summed E-state index contributed by atoms with van der Waals surface area (Å²) in [7, 11) is 4.27. The van der Waals surface area contributed by atoms with E-state index in [0.717, 1.165) is 18.4 Å². The highest BCUT2D eigenvalue weighted by molar-refractivity contribution is 5.12. The van der Waals surface area contributed by atoms with E-state index in [9.17, 15) is 0 Å². The predicted molar refractivity (Wildman–Crippen MR) is 75.0 cm³/mol. The third kappa shape index (κ3) is 2.93. The third-order valence-electron chi connectivity index (χ3n) is 4.78. The van der Waals surface area contributed by atoms with Crippen LogP contribution in [0.5, 0.6) is 0 Å². The molecule has 0 aliphatic heterocycles. The van der Waals surface area contributed by atoms with E-state index in [1.54, 1.807) is 0 Å². The maximum Gasteiger partial charge on any atom is 0.0184 e. The molecule has 0 heterocycles. The molecule has 2 aliphatic carbocycles. The van der Waals surface area contributed by atoms with E-state index in [1.807, 2.05) is 0 Å². The molecule has 0 spiro atoms. The Morgan fingerprint density at radius 2 is 1.88 bits per heavy atom. The first kappa shape index (κ1) is 13.1. The van der Waals surface area contributed by atoms with Crippen molar-refractivity contribution in [3.63, 3.8) is 0 Å². The van der Waals surface area contributed by atoms with Crippen LogP contribution in [-0.2, 0) is 0 Å². The minimum atomic E-state index is 0.546. The number of rotatable bonds is 4. The van der Waals surface area contributed by atoms with Gasteiger partial charge in [-0.05, 0) is 62.4 Å². The Hall–Kier alpha value is -0.300. The third-order valence-corrected chi connectivity index (χ3v) is 4.78. The summed E-state index contributed by atoms with van der Waals surface area (Å²) >= 11 is 0. The summed E-state index contributed by atoms with van der Waals surface area (Å²) in [6.45, 7) is 12.7. The zero-order valence-corrected chi connectivity index (χ0v) is 12.3. The highest BCUT2D eigenvalue weighted by atomic mass is 15.0. The van der Waals surface area contributed by atoms with Gasteiger partial charge in [0.1, 0.15) is 0 Å². The molecule has 2 aliphatic rings. The van der Waals surface area contributed by atoms with Crippen molar-refractivity contribution >= 4 is 0 Å². The standard InChI is InChI=1S/C16H29N/c1-12(10-17(5)6)7-13-8-15(2,3)11-16(4)9-14(13)16/h13-14H,1,7-11H2,2-6H3. The zero-order chi connectivity index (χ0) is 12.8. The predicted octanol–water partition coefficient (Wildman–Crippen LogP) is 3.96. The molecule has 0 aromatic heterocycles. The monoisotopic (exact) mass is 235 g/mol. The van der Waals surface area contributed by atoms with Crippen LogP contribution in [0.4, 0.5) is 0 Å². The van der Waals surface area contributed by atoms with E-state index in [-0.39, 0.29) is 0 Å². The zero-order valence-electron chi connectivity index (χ0n) is 12.3. The Bertz CT molecular complexity index is 313. The Kier molecular flexibility index (Phi) is 3.18. The molecule has 0 bridgehead atoms. The van der Waals surface area contributed by atoms with Gasteiger partial charge in [-0.3, -0.25) is 0 Å². The molecule has 1 heteroatoms. The summed E-state index contributed by atoms with van der Waals surface area (Å²) in [5, 5.41) is 0. The maximum atomic E-state index is 4.27. The SMILES string of the molecule is C=C(CC1CC(C)(C)CC2(C)CC12)CN(C)C. The number of hydrogen-bond donors (Lipinski definition) is 0. The second-order valence-corrected chi connectivity index (χ2v) is 7.96. The van der Waals surface area contributed by atoms with Gasteiger partial charge in [-0.25, -0.2) is 0 Å². The van der Waals surface area contributed by atoms with Crippen molar-refractivity contribution in [1.82, 2.24) is 4.90 Å². The smallest absolute Gasteiger partial charge is 0.0184 e. The lowest BCUT2D eigenvalue weighted by molar-refractivity contribution is 0.124. The fourth-order valence-corrected chi connectivity index (χ4v) is 4.50. The normalized spacial score (nSPS) is 38.9. The summed E-state index contributed by atoms with van der Waals surface area (Å²) in [4.78, 5) is 2.24. The second kappa shape index (κ2) is 4.12. The van der Waals surface area contributed by atoms with E-state index in [1.165, 1.54) is 31.3 Å². The molecule has 1 nitrogen and oxygen atoms in total. The summed E-state index contributed by atoms with van der Waals surface area (Å²) < 4.78 is 0. The summed E-state index contributed by atoms with van der Waals surface area (Å²) in [6, 6.07) is 0. The second-order valence-electron chi connectivity index (χ2n) is 7.96. The van der Waals surface area contributed by atoms with Crippen LogP contribution in [-0.4, -0.2) is 25.5 Å². The van der Waals surface area contributed by atoms with Crippen molar-refractivity contribution in [3.05, 3.63) is 12.2 Å². The van der Waals surface area contributed by atoms with E-state index < -0.39 is 0 Å². The number of hydrogen-bond acceptors (Lipinski definition) is 1. The highest BCUT2D eigenvalue weighted by Gasteiger charge is 2.59. The minimum Gasteiger partial charge on any atom is -0.305 e. The van der Waals surface area contributed by atoms with Crippen LogP contribution in [0.3, 0.4) is 0 Å². The van der Waals surface area contributed by atoms with Crippen molar-refractivity contribution in [1.29, 1.82) is 0 Å². The largest absolute Gasteiger partial charge is 0.305 e. The van der Waals surface area contributed by atoms with Gasteiger partial charge in [0.2, 0.25) is 0 Å². The Morgan fingerprint density at radius 1 is 1.24 bits per heavy atom. The maximum absolute atomic E-state index is 4.27. The molecule has 2 saturated carbocycles. The Labute approximate surface area is 107 Å². The molecule has 2 rings (SSSR count). The molecule has 2 fully saturated rings. The molecule has 0 saturated heterocycles. The van der Waals surface area contributed by atoms with Gasteiger partial charge in [0.05, 0.1) is 0 Å². The van der Waals surface area contributed by atoms with Crippen LogP contribution in [0.25, 0.3) is 0 Å². The molecule has 0 aromatic rings. The van der Waals surface area contributed by atoms with Crippen LogP contribution in [0.2, 0.25) is 0 Å². The van der Waals surface area contributed by atoms with Gasteiger partial charge < -0.3 is 4.90 Å². The van der Waals surface area contributed by atoms with Crippen LogP contribution >= 0.6 is 0 Å². The van der Waals surface area contributed by atoms with Gasteiger partial charge >= 0.3 is 0 Å². The van der Waals surface area contributed by atoms with Gasteiger partial charge in [0.15, 0.2) is 0 Å². The van der Waals surface area contributed by atoms with Gasteiger partial charge in [0, 0.05) is 6.54 Å². The first-order valence-corrected chi connectivity index (χ1v) is 7.03. The van der Waals surface area contributed by atoms with Crippen molar-refractivity contribution < 1.29 is 0 Å². The minimum absolute atomic E-state index is 0.546. The number of fused-ring (bicyclic) bond motifs is 1. The van der Waals surface area contributed by atoms with Crippen LogP contribution in [0.15, 0.2) is 12.2 Å². The summed E-state index contributed by atoms with van der Waals surface area (Å²) in [6.07, 6.45) is 5.55. The summed E-state index contributed by atoms with van der Waals surface area (Å²) in [5.41, 5.74) is 2.64. The molecule has 98 valence electrons. The van der Waals surface area contributed by atoms with E-state index in [2.05, 4.69) is 46.3 Å². The molecule has 0 N–H and O–H groups in total. The summed E-state index contributed by atoms with van der Waals surface area (Å²) in [5.74, 6) is 1.89. The van der Waals surface area contributed by atoms with Crippen LogP contribution < -0.4 is 0 Å². The highest BCUT2D eigenvalue weighted by Crippen LogP contribution is 2.68. The molecular formula is C16H29N. The molecule has 3 atom stereocenters. The van der Waals surface area contributed by atoms with Crippen LogP contribution in [0, 0.1) is 22.7 Å². The molecule has 0 amide bonds. The van der Waals surface area contributed by atoms with Gasteiger partial charge in [-0.15, -0.1) is 0 Å². The quantitative estimate of drug-likeness (QED) is 0.667. The number of likely N-dealkylation sites (N-methyl/N-ethyl adjacent to an activating group) is 1. The lowest BCUT2D eigenvalue weighted by Crippen LogP contribution is -2.30. The molecule has 0 aromatic carbocycles. The van der Waals surface area contributed by atoms with Crippen molar-refractivity contribution in [3.8, 4) is 0 Å². The van der Waals surface area contributed by atoms with Crippen LogP contribution in [0.1, 0.15) is 46.5 Å². The Balaban J connectivity index is 1.95. The van der Waals surface area contributed by atoms with Gasteiger partial charge in [-0.2, -0.15) is 0 Å². The fraction of sp³-hybridized carbons (Fsp3) is 0.875. The first-order chi connectivity index (χ1) is 7.72. The topological polar surface area (TPSA) is 3.24 Å². The first-order valence-electron chi connectivity index (χ1n) is 7.03. The molecule has 0 radical (unpaired) electrons. The molecule has 3 unspecified atom stereocenters. The Morgan fingerprint density at radius 3 is 2.47 bits per heavy atom. The van der Waals surface area contributed by atoms with Crippen molar-refractivity contribution in [2.75, 3.05) is 20.6 Å². The lowest BCUT2D eigenvalue weighted by Gasteiger charge is -2.39.